The summed E-state index contributed by atoms with van der Waals surface area (Å²) in [6.07, 6.45) is 0.751. The van der Waals surface area contributed by atoms with Crippen LogP contribution in [0.1, 0.15) is 38.1 Å². The summed E-state index contributed by atoms with van der Waals surface area (Å²) < 4.78 is 5.77. The number of aliphatic imine (C=N–C) groups is 1. The fourth-order valence-electron chi connectivity index (χ4n) is 3.88. The van der Waals surface area contributed by atoms with E-state index < -0.39 is 0 Å². The molecule has 5 heteroatoms. The second kappa shape index (κ2) is 5.11. The summed E-state index contributed by atoms with van der Waals surface area (Å²) in [5.41, 5.74) is 3.55. The van der Waals surface area contributed by atoms with Gasteiger partial charge in [0.25, 0.3) is 0 Å². The van der Waals surface area contributed by atoms with Gasteiger partial charge in [0.05, 0.1) is 12.6 Å². The SMILES string of the molecule is CCOC1=N[C@H](C)C(=O)N2[C@H]1Cc1c([nH]c3ccccc13)[C@@H]2C. The van der Waals surface area contributed by atoms with Crippen molar-refractivity contribution in [3.8, 4) is 0 Å². The van der Waals surface area contributed by atoms with Crippen LogP contribution in [-0.4, -0.2) is 40.4 Å². The van der Waals surface area contributed by atoms with Crippen molar-refractivity contribution < 1.29 is 9.53 Å². The van der Waals surface area contributed by atoms with E-state index in [0.717, 1.165) is 17.6 Å². The molecule has 0 aliphatic carbocycles. The maximum Gasteiger partial charge on any atom is 0.248 e. The minimum atomic E-state index is -0.374. The first kappa shape index (κ1) is 14.3. The van der Waals surface area contributed by atoms with E-state index in [2.05, 4.69) is 35.1 Å². The number of nitrogens with one attached hydrogen (secondary N) is 1. The maximum atomic E-state index is 12.7. The number of nitrogens with zero attached hydrogens (tertiary/aromatic N) is 2. The highest BCUT2D eigenvalue weighted by atomic mass is 16.5. The van der Waals surface area contributed by atoms with E-state index in [4.69, 9.17) is 4.74 Å². The Morgan fingerprint density at radius 1 is 1.35 bits per heavy atom. The molecule has 5 nitrogen and oxygen atoms in total. The summed E-state index contributed by atoms with van der Waals surface area (Å²) >= 11 is 0. The zero-order valence-corrected chi connectivity index (χ0v) is 13.7. The average Bonchev–Trinajstić information content (AvgIpc) is 2.92. The van der Waals surface area contributed by atoms with E-state index in [1.54, 1.807) is 0 Å². The van der Waals surface area contributed by atoms with E-state index in [1.807, 2.05) is 24.8 Å². The summed E-state index contributed by atoms with van der Waals surface area (Å²) in [7, 11) is 0. The monoisotopic (exact) mass is 311 g/mol. The second-order valence-corrected chi connectivity index (χ2v) is 6.28. The van der Waals surface area contributed by atoms with E-state index in [9.17, 15) is 4.79 Å². The molecule has 3 heterocycles. The van der Waals surface area contributed by atoms with Crippen LogP contribution in [0.5, 0.6) is 0 Å². The molecule has 3 atom stereocenters. The van der Waals surface area contributed by atoms with E-state index in [-0.39, 0.29) is 24.0 Å². The van der Waals surface area contributed by atoms with Gasteiger partial charge in [-0.25, -0.2) is 4.99 Å². The molecule has 23 heavy (non-hydrogen) atoms. The molecule has 0 saturated carbocycles. The molecule has 0 bridgehead atoms. The topological polar surface area (TPSA) is 57.7 Å². The molecule has 1 aromatic carbocycles. The van der Waals surface area contributed by atoms with Crippen LogP contribution in [0.15, 0.2) is 29.3 Å². The lowest BCUT2D eigenvalue weighted by molar-refractivity contribution is -0.137. The lowest BCUT2D eigenvalue weighted by Crippen LogP contribution is -2.56. The number of amides is 1. The summed E-state index contributed by atoms with van der Waals surface area (Å²) in [6, 6.07) is 7.83. The first-order valence-electron chi connectivity index (χ1n) is 8.24. The maximum absolute atomic E-state index is 12.7. The van der Waals surface area contributed by atoms with Crippen molar-refractivity contribution in [1.29, 1.82) is 0 Å². The van der Waals surface area contributed by atoms with Crippen LogP contribution >= 0.6 is 0 Å². The Labute approximate surface area is 135 Å². The van der Waals surface area contributed by atoms with Crippen molar-refractivity contribution in [3.05, 3.63) is 35.5 Å². The minimum Gasteiger partial charge on any atom is -0.480 e. The van der Waals surface area contributed by atoms with Crippen molar-refractivity contribution in [2.45, 2.75) is 45.3 Å². The van der Waals surface area contributed by atoms with Crippen molar-refractivity contribution >= 4 is 22.7 Å². The largest absolute Gasteiger partial charge is 0.480 e. The smallest absolute Gasteiger partial charge is 0.248 e. The van der Waals surface area contributed by atoms with Gasteiger partial charge in [-0.2, -0.15) is 0 Å². The number of fused-ring (bicyclic) bond motifs is 4. The van der Waals surface area contributed by atoms with Gasteiger partial charge >= 0.3 is 0 Å². The number of aromatic nitrogens is 1. The summed E-state index contributed by atoms with van der Waals surface area (Å²) in [4.78, 5) is 22.6. The molecule has 0 radical (unpaired) electrons. The third-order valence-corrected chi connectivity index (χ3v) is 4.92. The van der Waals surface area contributed by atoms with Crippen LogP contribution in [0.25, 0.3) is 10.9 Å². The molecule has 1 amide bonds. The van der Waals surface area contributed by atoms with Crippen LogP contribution in [0, 0.1) is 0 Å². The number of rotatable bonds is 1. The van der Waals surface area contributed by atoms with Gasteiger partial charge in [-0.15, -0.1) is 0 Å². The predicted octanol–water partition coefficient (Wildman–Crippen LogP) is 2.82. The highest BCUT2D eigenvalue weighted by molar-refractivity contribution is 5.97. The lowest BCUT2D eigenvalue weighted by atomic mass is 9.90. The Kier molecular flexibility index (Phi) is 3.18. The molecular formula is C18H21N3O2. The van der Waals surface area contributed by atoms with Gasteiger partial charge < -0.3 is 14.6 Å². The summed E-state index contributed by atoms with van der Waals surface area (Å²) in [5, 5.41) is 1.23. The van der Waals surface area contributed by atoms with Gasteiger partial charge in [-0.1, -0.05) is 18.2 Å². The quantitative estimate of drug-likeness (QED) is 0.880. The van der Waals surface area contributed by atoms with Crippen molar-refractivity contribution in [3.63, 3.8) is 0 Å². The number of benzene rings is 1. The molecule has 1 aromatic heterocycles. The molecule has 4 rings (SSSR count). The second-order valence-electron chi connectivity index (χ2n) is 6.28. The number of carbonyl (C=O) groups excluding carboxylic acids is 1. The highest BCUT2D eigenvalue weighted by Gasteiger charge is 2.44. The average molecular weight is 311 g/mol. The zero-order chi connectivity index (χ0) is 16.1. The fourth-order valence-corrected chi connectivity index (χ4v) is 3.88. The third-order valence-electron chi connectivity index (χ3n) is 4.92. The number of ether oxygens (including phenoxy) is 1. The number of aromatic amines is 1. The molecule has 2 aromatic rings. The number of hydrogen-bond donors (Lipinski definition) is 1. The van der Waals surface area contributed by atoms with Gasteiger partial charge in [0.1, 0.15) is 12.1 Å². The summed E-state index contributed by atoms with van der Waals surface area (Å²) in [5.74, 6) is 0.776. The van der Waals surface area contributed by atoms with Gasteiger partial charge in [0.2, 0.25) is 11.8 Å². The van der Waals surface area contributed by atoms with Gasteiger partial charge in [-0.3, -0.25) is 4.79 Å². The first-order valence-corrected chi connectivity index (χ1v) is 8.24. The van der Waals surface area contributed by atoms with E-state index >= 15 is 0 Å². The molecule has 0 fully saturated rings. The minimum absolute atomic E-state index is 0.00273. The number of H-pyrrole nitrogens is 1. The summed E-state index contributed by atoms with van der Waals surface area (Å²) in [6.45, 7) is 6.45. The third kappa shape index (κ3) is 1.99. The number of hydrogen-bond acceptors (Lipinski definition) is 3. The lowest BCUT2D eigenvalue weighted by Gasteiger charge is -2.43. The van der Waals surface area contributed by atoms with E-state index in [1.165, 1.54) is 10.9 Å². The molecule has 1 N–H and O–H groups in total. The van der Waals surface area contributed by atoms with Crippen molar-refractivity contribution in [2.24, 2.45) is 4.99 Å². The predicted molar refractivity (Wildman–Crippen MR) is 89.6 cm³/mol. The normalized spacial score (nSPS) is 26.7. The molecule has 2 aliphatic rings. The molecular weight excluding hydrogens is 290 g/mol. The first-order chi connectivity index (χ1) is 11.1. The van der Waals surface area contributed by atoms with Crippen LogP contribution in [0.4, 0.5) is 0 Å². The van der Waals surface area contributed by atoms with Crippen molar-refractivity contribution in [2.75, 3.05) is 6.61 Å². The van der Waals surface area contributed by atoms with Gasteiger partial charge in [-0.05, 0) is 32.4 Å². The zero-order valence-electron chi connectivity index (χ0n) is 13.7. The molecule has 2 aliphatic heterocycles. The van der Waals surface area contributed by atoms with Gasteiger partial charge in [0.15, 0.2) is 0 Å². The molecule has 0 saturated heterocycles. The van der Waals surface area contributed by atoms with Crippen LogP contribution < -0.4 is 0 Å². The van der Waals surface area contributed by atoms with E-state index in [0.29, 0.717) is 12.5 Å². The van der Waals surface area contributed by atoms with Crippen LogP contribution in [0.3, 0.4) is 0 Å². The van der Waals surface area contributed by atoms with Crippen molar-refractivity contribution in [1.82, 2.24) is 9.88 Å². The number of carbonyl (C=O) groups is 1. The molecule has 0 spiro atoms. The Hall–Kier alpha value is -2.30. The Morgan fingerprint density at radius 2 is 2.13 bits per heavy atom. The van der Waals surface area contributed by atoms with Crippen LogP contribution in [0.2, 0.25) is 0 Å². The Morgan fingerprint density at radius 3 is 2.91 bits per heavy atom. The molecule has 0 unspecified atom stereocenters. The van der Waals surface area contributed by atoms with Gasteiger partial charge in [0, 0.05) is 23.0 Å². The fraction of sp³-hybridized carbons (Fsp3) is 0.444. The Bertz CT molecular complexity index is 808. The standard InChI is InChI=1S/C18H21N3O2/c1-4-23-17-15-9-13-12-7-5-6-8-14(12)20-16(13)11(3)21(15)18(22)10(2)19-17/h5-8,10-11,15,20H,4,9H2,1-3H3/t10-,11+,15+/m1/s1. The molecule has 120 valence electrons. The highest BCUT2D eigenvalue weighted by Crippen LogP contribution is 2.39. The Balaban J connectivity index is 1.86. The number of para-hydroxylation sites is 1. The van der Waals surface area contributed by atoms with Crippen LogP contribution in [-0.2, 0) is 16.0 Å².